The van der Waals surface area contributed by atoms with E-state index in [4.69, 9.17) is 4.74 Å². The summed E-state index contributed by atoms with van der Waals surface area (Å²) in [4.78, 5) is 23.3. The number of carbonyl (C=O) groups is 2. The molecule has 1 aliphatic carbocycles. The molecule has 0 atom stereocenters. The van der Waals surface area contributed by atoms with Gasteiger partial charge < -0.3 is 15.4 Å². The lowest BCUT2D eigenvalue weighted by Crippen LogP contribution is -2.36. The molecule has 0 aromatic rings. The van der Waals surface area contributed by atoms with Crippen LogP contribution in [0.2, 0.25) is 0 Å². The summed E-state index contributed by atoms with van der Waals surface area (Å²) < 4.78 is 5.14. The lowest BCUT2D eigenvalue weighted by atomic mass is 10.1. The van der Waals surface area contributed by atoms with E-state index in [1.54, 1.807) is 0 Å². The maximum Gasteiger partial charge on any atom is 0.407 e. The zero-order valence-corrected chi connectivity index (χ0v) is 14.9. The van der Waals surface area contributed by atoms with E-state index in [1.165, 1.54) is 37.4 Å². The molecule has 0 spiro atoms. The second-order valence-electron chi connectivity index (χ2n) is 6.74. The second kappa shape index (κ2) is 9.98. The van der Waals surface area contributed by atoms with Gasteiger partial charge in [-0.2, -0.15) is 11.8 Å². The van der Waals surface area contributed by atoms with Crippen molar-refractivity contribution in [1.82, 2.24) is 10.6 Å². The first-order chi connectivity index (χ1) is 10.4. The third-order valence-electron chi connectivity index (χ3n) is 3.37. The number of rotatable bonds is 6. The quantitative estimate of drug-likeness (QED) is 0.580. The van der Waals surface area contributed by atoms with E-state index in [2.05, 4.69) is 10.6 Å². The Morgan fingerprint density at radius 1 is 1.14 bits per heavy atom. The summed E-state index contributed by atoms with van der Waals surface area (Å²) in [6, 6.07) is 0.357. The first kappa shape index (κ1) is 19.1. The van der Waals surface area contributed by atoms with E-state index in [0.717, 1.165) is 12.8 Å². The van der Waals surface area contributed by atoms with Crippen molar-refractivity contribution in [2.75, 3.05) is 18.1 Å². The lowest BCUT2D eigenvalue weighted by molar-refractivity contribution is -0.119. The predicted octanol–water partition coefficient (Wildman–Crippen LogP) is 3.08. The first-order valence-electron chi connectivity index (χ1n) is 8.21. The molecule has 1 rings (SSSR count). The summed E-state index contributed by atoms with van der Waals surface area (Å²) in [5, 5.41) is 5.81. The highest BCUT2D eigenvalue weighted by atomic mass is 32.2. The Morgan fingerprint density at radius 2 is 1.77 bits per heavy atom. The minimum absolute atomic E-state index is 0.106. The van der Waals surface area contributed by atoms with Gasteiger partial charge in [0.05, 0.1) is 5.75 Å². The molecule has 1 fully saturated rings. The number of amides is 2. The standard InChI is InChI=1S/C16H30N2O3S/c1-16(2,3)21-15(20)17-10-11-22-12-14(19)18-13-8-6-4-5-7-9-13/h13H,4-12H2,1-3H3,(H,17,20)(H,18,19). The highest BCUT2D eigenvalue weighted by Gasteiger charge is 2.16. The molecule has 1 aliphatic rings. The zero-order valence-electron chi connectivity index (χ0n) is 14.1. The number of thioether (sulfide) groups is 1. The van der Waals surface area contributed by atoms with Crippen molar-refractivity contribution < 1.29 is 14.3 Å². The average Bonchev–Trinajstić information content (AvgIpc) is 2.64. The van der Waals surface area contributed by atoms with Crippen LogP contribution in [-0.4, -0.2) is 41.7 Å². The SMILES string of the molecule is CC(C)(C)OC(=O)NCCSCC(=O)NC1CCCCCC1. The molecule has 0 aromatic heterocycles. The third kappa shape index (κ3) is 9.92. The molecule has 2 N–H and O–H groups in total. The van der Waals surface area contributed by atoms with Crippen molar-refractivity contribution in [1.29, 1.82) is 0 Å². The fourth-order valence-electron chi connectivity index (χ4n) is 2.40. The van der Waals surface area contributed by atoms with Gasteiger partial charge in [0.2, 0.25) is 5.91 Å². The van der Waals surface area contributed by atoms with Gasteiger partial charge in [-0.25, -0.2) is 4.79 Å². The molecule has 0 unspecified atom stereocenters. The summed E-state index contributed by atoms with van der Waals surface area (Å²) in [5.41, 5.74) is -0.476. The van der Waals surface area contributed by atoms with Crippen LogP contribution in [0, 0.1) is 0 Å². The molecular formula is C16H30N2O3S. The molecule has 128 valence electrons. The molecular weight excluding hydrogens is 300 g/mol. The zero-order chi connectivity index (χ0) is 16.4. The third-order valence-corrected chi connectivity index (χ3v) is 4.33. The Labute approximate surface area is 138 Å². The van der Waals surface area contributed by atoms with Crippen LogP contribution >= 0.6 is 11.8 Å². The van der Waals surface area contributed by atoms with E-state index in [0.29, 0.717) is 24.1 Å². The first-order valence-corrected chi connectivity index (χ1v) is 9.36. The fraction of sp³-hybridized carbons (Fsp3) is 0.875. The number of hydrogen-bond donors (Lipinski definition) is 2. The maximum atomic E-state index is 11.9. The Bertz CT molecular complexity index is 348. The van der Waals surface area contributed by atoms with Gasteiger partial charge in [0, 0.05) is 18.3 Å². The maximum absolute atomic E-state index is 11.9. The minimum Gasteiger partial charge on any atom is -0.444 e. The van der Waals surface area contributed by atoms with Gasteiger partial charge in [0.1, 0.15) is 5.60 Å². The van der Waals surface area contributed by atoms with Crippen LogP contribution in [0.25, 0.3) is 0 Å². The van der Waals surface area contributed by atoms with Crippen molar-refractivity contribution in [3.8, 4) is 0 Å². The normalized spacial score (nSPS) is 16.7. The monoisotopic (exact) mass is 330 g/mol. The largest absolute Gasteiger partial charge is 0.444 e. The molecule has 2 amide bonds. The Kier molecular flexibility index (Phi) is 8.68. The molecule has 0 saturated heterocycles. The van der Waals surface area contributed by atoms with Crippen LogP contribution in [0.15, 0.2) is 0 Å². The molecule has 0 bridgehead atoms. The van der Waals surface area contributed by atoms with Crippen LogP contribution < -0.4 is 10.6 Å². The van der Waals surface area contributed by atoms with Gasteiger partial charge in [0.25, 0.3) is 0 Å². The number of ether oxygens (including phenoxy) is 1. The summed E-state index contributed by atoms with van der Waals surface area (Å²) in [6.07, 6.45) is 6.83. The minimum atomic E-state index is -0.476. The predicted molar refractivity (Wildman–Crippen MR) is 91.2 cm³/mol. The Hall–Kier alpha value is -0.910. The average molecular weight is 330 g/mol. The van der Waals surface area contributed by atoms with Gasteiger partial charge in [-0.1, -0.05) is 25.7 Å². The Morgan fingerprint density at radius 3 is 2.36 bits per heavy atom. The van der Waals surface area contributed by atoms with E-state index in [-0.39, 0.29) is 5.91 Å². The lowest BCUT2D eigenvalue weighted by Gasteiger charge is -2.19. The van der Waals surface area contributed by atoms with Crippen molar-refractivity contribution >= 4 is 23.8 Å². The molecule has 6 heteroatoms. The fourth-order valence-corrected chi connectivity index (χ4v) is 3.06. The van der Waals surface area contributed by atoms with Crippen LogP contribution in [0.4, 0.5) is 4.79 Å². The molecule has 1 saturated carbocycles. The van der Waals surface area contributed by atoms with Crippen LogP contribution in [0.5, 0.6) is 0 Å². The number of carbonyl (C=O) groups excluding carboxylic acids is 2. The van der Waals surface area contributed by atoms with Crippen molar-refractivity contribution in [2.45, 2.75) is 70.9 Å². The smallest absolute Gasteiger partial charge is 0.407 e. The summed E-state index contributed by atoms with van der Waals surface area (Å²) in [5.74, 6) is 1.26. The number of hydrogen-bond acceptors (Lipinski definition) is 4. The van der Waals surface area contributed by atoms with E-state index < -0.39 is 11.7 Å². The topological polar surface area (TPSA) is 67.4 Å². The summed E-state index contributed by atoms with van der Waals surface area (Å²) in [6.45, 7) is 6.01. The van der Waals surface area contributed by atoms with E-state index in [1.807, 2.05) is 20.8 Å². The van der Waals surface area contributed by atoms with Gasteiger partial charge in [-0.05, 0) is 33.6 Å². The van der Waals surface area contributed by atoms with Gasteiger partial charge >= 0.3 is 6.09 Å². The van der Waals surface area contributed by atoms with Crippen LogP contribution in [0.1, 0.15) is 59.3 Å². The van der Waals surface area contributed by atoms with Crippen molar-refractivity contribution in [3.63, 3.8) is 0 Å². The number of alkyl carbamates (subject to hydrolysis) is 1. The van der Waals surface area contributed by atoms with Crippen molar-refractivity contribution in [3.05, 3.63) is 0 Å². The van der Waals surface area contributed by atoms with Crippen LogP contribution in [-0.2, 0) is 9.53 Å². The molecule has 0 aromatic carbocycles. The summed E-state index contributed by atoms with van der Waals surface area (Å²) >= 11 is 1.53. The van der Waals surface area contributed by atoms with E-state index in [9.17, 15) is 9.59 Å². The molecule has 0 radical (unpaired) electrons. The highest BCUT2D eigenvalue weighted by Crippen LogP contribution is 2.17. The molecule has 22 heavy (non-hydrogen) atoms. The molecule has 0 heterocycles. The van der Waals surface area contributed by atoms with Crippen molar-refractivity contribution in [2.24, 2.45) is 0 Å². The van der Waals surface area contributed by atoms with Crippen LogP contribution in [0.3, 0.4) is 0 Å². The summed E-state index contributed by atoms with van der Waals surface area (Å²) in [7, 11) is 0. The van der Waals surface area contributed by atoms with Gasteiger partial charge in [0.15, 0.2) is 0 Å². The van der Waals surface area contributed by atoms with Gasteiger partial charge in [-0.15, -0.1) is 0 Å². The number of nitrogens with one attached hydrogen (secondary N) is 2. The molecule has 5 nitrogen and oxygen atoms in total. The van der Waals surface area contributed by atoms with Gasteiger partial charge in [-0.3, -0.25) is 4.79 Å². The van der Waals surface area contributed by atoms with E-state index >= 15 is 0 Å². The second-order valence-corrected chi connectivity index (χ2v) is 7.84. The Balaban J connectivity index is 2.04. The highest BCUT2D eigenvalue weighted by molar-refractivity contribution is 7.99. The molecule has 0 aliphatic heterocycles.